The van der Waals surface area contributed by atoms with E-state index < -0.39 is 0 Å². The summed E-state index contributed by atoms with van der Waals surface area (Å²) in [5.41, 5.74) is 1.65. The second kappa shape index (κ2) is 4.76. The molecule has 3 aromatic rings. The van der Waals surface area contributed by atoms with Gasteiger partial charge in [-0.1, -0.05) is 41.4 Å². The van der Waals surface area contributed by atoms with Crippen molar-refractivity contribution in [1.82, 2.24) is 9.97 Å². The molecule has 94 valence electrons. The van der Waals surface area contributed by atoms with Gasteiger partial charge in [-0.05, 0) is 18.2 Å². The van der Waals surface area contributed by atoms with E-state index in [1.54, 1.807) is 30.3 Å². The van der Waals surface area contributed by atoms with Crippen molar-refractivity contribution in [1.29, 1.82) is 0 Å². The maximum absolute atomic E-state index is 13.8. The van der Waals surface area contributed by atoms with Crippen LogP contribution in [0.2, 0.25) is 10.2 Å². The van der Waals surface area contributed by atoms with E-state index in [9.17, 15) is 4.39 Å². The molecular weight excluding hydrogens is 286 g/mol. The van der Waals surface area contributed by atoms with Gasteiger partial charge in [0, 0.05) is 21.5 Å². The molecule has 1 heterocycles. The molecule has 0 saturated heterocycles. The van der Waals surface area contributed by atoms with E-state index in [2.05, 4.69) is 9.97 Å². The largest absolute Gasteiger partial charge is 0.236 e. The van der Waals surface area contributed by atoms with Crippen LogP contribution in [0.5, 0.6) is 0 Å². The molecule has 0 aliphatic heterocycles. The molecule has 2 aromatic carbocycles. The highest BCUT2D eigenvalue weighted by Gasteiger charge is 2.11. The van der Waals surface area contributed by atoms with Crippen molar-refractivity contribution in [2.75, 3.05) is 0 Å². The highest BCUT2D eigenvalue weighted by atomic mass is 35.5. The molecule has 5 heteroatoms. The first-order valence-corrected chi connectivity index (χ1v) is 6.27. The Hall–Kier alpha value is -1.71. The van der Waals surface area contributed by atoms with Gasteiger partial charge in [0.05, 0.1) is 5.52 Å². The molecule has 1 aromatic heterocycles. The van der Waals surface area contributed by atoms with Crippen LogP contribution in [0.4, 0.5) is 4.39 Å². The van der Waals surface area contributed by atoms with Crippen LogP contribution in [0, 0.1) is 5.82 Å². The Bertz CT molecular complexity index is 774. The van der Waals surface area contributed by atoms with E-state index in [4.69, 9.17) is 23.2 Å². The molecule has 0 aliphatic carbocycles. The fourth-order valence-corrected chi connectivity index (χ4v) is 2.39. The summed E-state index contributed by atoms with van der Waals surface area (Å²) in [6, 6.07) is 9.82. The predicted molar refractivity (Wildman–Crippen MR) is 75.0 cm³/mol. The van der Waals surface area contributed by atoms with Gasteiger partial charge in [0.2, 0.25) is 0 Å². The van der Waals surface area contributed by atoms with Gasteiger partial charge in [0.1, 0.15) is 17.3 Å². The number of nitrogens with zero attached hydrogens (tertiary/aromatic N) is 2. The minimum absolute atomic E-state index is 0.326. The summed E-state index contributed by atoms with van der Waals surface area (Å²) in [5, 5.41) is 1.38. The van der Waals surface area contributed by atoms with E-state index in [0.717, 1.165) is 0 Å². The minimum atomic E-state index is -0.330. The monoisotopic (exact) mass is 292 g/mol. The Kier molecular flexibility index (Phi) is 3.09. The standard InChI is InChI=1S/C14H7Cl2FN2/c15-11-5-10-13(18-7-19-14(10)16)6-9(11)8-3-1-2-4-12(8)17/h1-7H. The average molecular weight is 293 g/mol. The lowest BCUT2D eigenvalue weighted by atomic mass is 10.0. The van der Waals surface area contributed by atoms with Crippen molar-refractivity contribution in [3.8, 4) is 11.1 Å². The Morgan fingerprint density at radius 3 is 2.53 bits per heavy atom. The van der Waals surface area contributed by atoms with Gasteiger partial charge in [0.25, 0.3) is 0 Å². The fourth-order valence-electron chi connectivity index (χ4n) is 1.93. The van der Waals surface area contributed by atoms with Crippen molar-refractivity contribution in [3.63, 3.8) is 0 Å². The summed E-state index contributed by atoms with van der Waals surface area (Å²) < 4.78 is 13.8. The van der Waals surface area contributed by atoms with Crippen LogP contribution in [-0.4, -0.2) is 9.97 Å². The highest BCUT2D eigenvalue weighted by Crippen LogP contribution is 2.34. The summed E-state index contributed by atoms with van der Waals surface area (Å²) in [6.45, 7) is 0. The van der Waals surface area contributed by atoms with Gasteiger partial charge < -0.3 is 0 Å². The van der Waals surface area contributed by atoms with Crippen LogP contribution in [-0.2, 0) is 0 Å². The van der Waals surface area contributed by atoms with Gasteiger partial charge in [-0.15, -0.1) is 0 Å². The van der Waals surface area contributed by atoms with Crippen molar-refractivity contribution in [2.24, 2.45) is 0 Å². The molecule has 0 N–H and O–H groups in total. The topological polar surface area (TPSA) is 25.8 Å². The van der Waals surface area contributed by atoms with Crippen LogP contribution in [0.3, 0.4) is 0 Å². The zero-order valence-corrected chi connectivity index (χ0v) is 11.1. The molecule has 0 aliphatic rings. The van der Waals surface area contributed by atoms with E-state index in [1.807, 2.05) is 0 Å². The minimum Gasteiger partial charge on any atom is -0.236 e. The van der Waals surface area contributed by atoms with E-state index >= 15 is 0 Å². The first-order chi connectivity index (χ1) is 9.16. The summed E-state index contributed by atoms with van der Waals surface area (Å²) >= 11 is 12.2. The Balaban J connectivity index is 2.31. The SMILES string of the molecule is Fc1ccccc1-c1cc2ncnc(Cl)c2cc1Cl. The number of hydrogen-bond donors (Lipinski definition) is 0. The van der Waals surface area contributed by atoms with E-state index in [1.165, 1.54) is 12.4 Å². The summed E-state index contributed by atoms with van der Waals surface area (Å²) in [4.78, 5) is 8.01. The molecule has 0 atom stereocenters. The molecule has 19 heavy (non-hydrogen) atoms. The van der Waals surface area contributed by atoms with Crippen molar-refractivity contribution in [2.45, 2.75) is 0 Å². The molecule has 0 bridgehead atoms. The average Bonchev–Trinajstić information content (AvgIpc) is 2.40. The lowest BCUT2D eigenvalue weighted by Crippen LogP contribution is -1.89. The molecule has 0 unspecified atom stereocenters. The number of rotatable bonds is 1. The second-order valence-electron chi connectivity index (χ2n) is 3.99. The first-order valence-electron chi connectivity index (χ1n) is 5.51. The number of aromatic nitrogens is 2. The lowest BCUT2D eigenvalue weighted by molar-refractivity contribution is 0.631. The number of fused-ring (bicyclic) bond motifs is 1. The van der Waals surface area contributed by atoms with E-state index in [-0.39, 0.29) is 5.82 Å². The van der Waals surface area contributed by atoms with Crippen LogP contribution in [0.15, 0.2) is 42.7 Å². The quantitative estimate of drug-likeness (QED) is 0.605. The second-order valence-corrected chi connectivity index (χ2v) is 4.76. The van der Waals surface area contributed by atoms with Crippen LogP contribution in [0.1, 0.15) is 0 Å². The zero-order valence-electron chi connectivity index (χ0n) is 9.57. The van der Waals surface area contributed by atoms with Gasteiger partial charge >= 0.3 is 0 Å². The van der Waals surface area contributed by atoms with Gasteiger partial charge in [-0.2, -0.15) is 0 Å². The molecule has 3 rings (SSSR count). The third-order valence-electron chi connectivity index (χ3n) is 2.84. The Morgan fingerprint density at radius 2 is 1.74 bits per heavy atom. The normalized spacial score (nSPS) is 10.9. The third-order valence-corrected chi connectivity index (χ3v) is 3.45. The van der Waals surface area contributed by atoms with Crippen molar-refractivity contribution < 1.29 is 4.39 Å². The Labute approximate surface area is 118 Å². The molecule has 0 saturated carbocycles. The summed E-state index contributed by atoms with van der Waals surface area (Å²) in [6.07, 6.45) is 1.36. The van der Waals surface area contributed by atoms with Crippen LogP contribution in [0.25, 0.3) is 22.0 Å². The van der Waals surface area contributed by atoms with Crippen LogP contribution >= 0.6 is 23.2 Å². The summed E-state index contributed by atoms with van der Waals surface area (Å²) in [5.74, 6) is -0.330. The van der Waals surface area contributed by atoms with Gasteiger partial charge in [0.15, 0.2) is 0 Å². The summed E-state index contributed by atoms with van der Waals surface area (Å²) in [7, 11) is 0. The van der Waals surface area contributed by atoms with Crippen molar-refractivity contribution >= 4 is 34.1 Å². The molecule has 0 spiro atoms. The Morgan fingerprint density at radius 1 is 0.947 bits per heavy atom. The molecular formula is C14H7Cl2FN2. The lowest BCUT2D eigenvalue weighted by Gasteiger charge is -2.08. The van der Waals surface area contributed by atoms with E-state index in [0.29, 0.717) is 32.2 Å². The number of benzene rings is 2. The fraction of sp³-hybridized carbons (Fsp3) is 0. The molecule has 0 radical (unpaired) electrons. The number of hydrogen-bond acceptors (Lipinski definition) is 2. The highest BCUT2D eigenvalue weighted by molar-refractivity contribution is 6.37. The smallest absolute Gasteiger partial charge is 0.140 e. The molecule has 0 amide bonds. The van der Waals surface area contributed by atoms with Gasteiger partial charge in [-0.25, -0.2) is 14.4 Å². The maximum atomic E-state index is 13.8. The third kappa shape index (κ3) is 2.15. The molecule has 2 nitrogen and oxygen atoms in total. The zero-order chi connectivity index (χ0) is 13.4. The van der Waals surface area contributed by atoms with Crippen molar-refractivity contribution in [3.05, 3.63) is 58.7 Å². The van der Waals surface area contributed by atoms with Crippen LogP contribution < -0.4 is 0 Å². The number of halogens is 3. The first kappa shape index (κ1) is 12.3. The molecule has 0 fully saturated rings. The predicted octanol–water partition coefficient (Wildman–Crippen LogP) is 4.74. The maximum Gasteiger partial charge on any atom is 0.140 e. The van der Waals surface area contributed by atoms with Gasteiger partial charge in [-0.3, -0.25) is 0 Å².